The van der Waals surface area contributed by atoms with E-state index in [1.807, 2.05) is 0 Å². The van der Waals surface area contributed by atoms with Gasteiger partial charge in [-0.25, -0.2) is 0 Å². The maximum absolute atomic E-state index is 13.9. The third kappa shape index (κ3) is 4.48. The van der Waals surface area contributed by atoms with Gasteiger partial charge in [0.15, 0.2) is 0 Å². The highest BCUT2D eigenvalue weighted by Crippen LogP contribution is 2.68. The highest BCUT2D eigenvalue weighted by atomic mass is 32.2. The molecular weight excluding hydrogens is 440 g/mol. The number of carbonyl (C=O) groups excluding carboxylic acids is 3. The van der Waals surface area contributed by atoms with Gasteiger partial charge < -0.3 is 19.6 Å². The maximum Gasteiger partial charge on any atom is 0.310 e. The molecule has 1 N–H and O–H groups in total. The number of ether oxygens (including phenoxy) is 1. The number of hydrogen-bond acceptors (Lipinski definition) is 6. The summed E-state index contributed by atoms with van der Waals surface area (Å²) in [6.45, 7) is 12.8. The Balaban J connectivity index is 1.94. The van der Waals surface area contributed by atoms with Crippen LogP contribution in [-0.2, 0) is 19.1 Å². The smallest absolute Gasteiger partial charge is 0.310 e. The second-order valence-corrected chi connectivity index (χ2v) is 10.9. The summed E-state index contributed by atoms with van der Waals surface area (Å²) in [7, 11) is 0. The van der Waals surface area contributed by atoms with Gasteiger partial charge in [-0.2, -0.15) is 0 Å². The number of hydrogen-bond donors (Lipinski definition) is 1. The van der Waals surface area contributed by atoms with Gasteiger partial charge in [0.05, 0.1) is 29.8 Å². The lowest BCUT2D eigenvalue weighted by atomic mass is 9.66. The molecule has 8 heteroatoms. The molecule has 2 amide bonds. The molecule has 3 unspecified atom stereocenters. The number of likely N-dealkylation sites (tertiary alicyclic amines) is 1. The fourth-order valence-corrected chi connectivity index (χ4v) is 8.28. The molecule has 7 nitrogen and oxygen atoms in total. The van der Waals surface area contributed by atoms with Crippen molar-refractivity contribution in [1.82, 2.24) is 9.80 Å². The van der Waals surface area contributed by atoms with Crippen LogP contribution >= 0.6 is 11.8 Å². The van der Waals surface area contributed by atoms with Crippen LogP contribution in [0.5, 0.6) is 0 Å². The van der Waals surface area contributed by atoms with Crippen molar-refractivity contribution in [2.75, 3.05) is 32.8 Å². The van der Waals surface area contributed by atoms with E-state index in [1.54, 1.807) is 28.8 Å². The molecule has 0 aromatic carbocycles. The van der Waals surface area contributed by atoms with E-state index in [9.17, 15) is 19.5 Å². The van der Waals surface area contributed by atoms with Crippen LogP contribution in [0.4, 0.5) is 0 Å². The van der Waals surface area contributed by atoms with Crippen LogP contribution in [0.15, 0.2) is 25.3 Å². The minimum atomic E-state index is -0.692. The Morgan fingerprint density at radius 1 is 1.33 bits per heavy atom. The summed E-state index contributed by atoms with van der Waals surface area (Å²) >= 11 is 1.63. The Hall–Kier alpha value is -1.80. The predicted molar refractivity (Wildman–Crippen MR) is 130 cm³/mol. The summed E-state index contributed by atoms with van der Waals surface area (Å²) in [6.07, 6.45) is 7.54. The van der Waals surface area contributed by atoms with Gasteiger partial charge in [-0.05, 0) is 31.6 Å². The summed E-state index contributed by atoms with van der Waals surface area (Å²) < 4.78 is 4.89. The number of thioether (sulfide) groups is 1. The van der Waals surface area contributed by atoms with E-state index >= 15 is 0 Å². The summed E-state index contributed by atoms with van der Waals surface area (Å²) in [6, 6.07) is -0.692. The molecule has 3 fully saturated rings. The van der Waals surface area contributed by atoms with Crippen LogP contribution in [0, 0.1) is 17.8 Å². The van der Waals surface area contributed by atoms with Gasteiger partial charge in [-0.15, -0.1) is 24.9 Å². The van der Waals surface area contributed by atoms with Crippen molar-refractivity contribution >= 4 is 29.5 Å². The fraction of sp³-hybridized carbons (Fsp3) is 0.720. The van der Waals surface area contributed by atoms with Crippen LogP contribution in [0.3, 0.4) is 0 Å². The highest BCUT2D eigenvalue weighted by Gasteiger charge is 2.76. The van der Waals surface area contributed by atoms with Crippen LogP contribution < -0.4 is 0 Å². The first-order chi connectivity index (χ1) is 15.9. The molecule has 0 aromatic rings. The molecule has 3 heterocycles. The summed E-state index contributed by atoms with van der Waals surface area (Å²) in [4.78, 5) is 44.1. The number of nitrogens with zero attached hydrogens (tertiary/aromatic N) is 2. The number of amides is 2. The molecule has 2 bridgehead atoms. The lowest BCUT2D eigenvalue weighted by Crippen LogP contribution is -2.57. The van der Waals surface area contributed by atoms with Gasteiger partial charge in [-0.3, -0.25) is 14.4 Å². The normalized spacial score (nSPS) is 32.0. The zero-order valence-corrected chi connectivity index (χ0v) is 20.7. The number of allylic oxidation sites excluding steroid dienone is 1. The number of rotatable bonds is 13. The van der Waals surface area contributed by atoms with E-state index in [0.717, 1.165) is 25.7 Å². The van der Waals surface area contributed by atoms with E-state index in [2.05, 4.69) is 27.0 Å². The third-order valence-corrected chi connectivity index (χ3v) is 9.41. The van der Waals surface area contributed by atoms with Crippen molar-refractivity contribution < 1.29 is 24.2 Å². The molecular formula is C25H38N2O5S. The van der Waals surface area contributed by atoms with Gasteiger partial charge in [0.25, 0.3) is 0 Å². The van der Waals surface area contributed by atoms with Crippen LogP contribution in [0.25, 0.3) is 0 Å². The number of esters is 1. The first-order valence-electron chi connectivity index (χ1n) is 12.1. The lowest BCUT2D eigenvalue weighted by Gasteiger charge is -2.40. The summed E-state index contributed by atoms with van der Waals surface area (Å²) in [5.74, 6) is -1.70. The monoisotopic (exact) mass is 478 g/mol. The molecule has 184 valence electrons. The zero-order chi connectivity index (χ0) is 24.2. The van der Waals surface area contributed by atoms with Gasteiger partial charge in [-0.1, -0.05) is 32.4 Å². The van der Waals surface area contributed by atoms with Crippen molar-refractivity contribution in [2.45, 2.75) is 62.0 Å². The molecule has 3 saturated heterocycles. The van der Waals surface area contributed by atoms with E-state index in [4.69, 9.17) is 4.74 Å². The van der Waals surface area contributed by atoms with Crippen molar-refractivity contribution in [3.05, 3.63) is 25.3 Å². The molecule has 3 aliphatic heterocycles. The average molecular weight is 479 g/mol. The van der Waals surface area contributed by atoms with Crippen LogP contribution in [0.1, 0.15) is 46.0 Å². The number of unbranched alkanes of at least 4 members (excludes halogenated alkanes) is 2. The highest BCUT2D eigenvalue weighted by molar-refractivity contribution is 8.02. The molecule has 0 aliphatic carbocycles. The van der Waals surface area contributed by atoms with Crippen molar-refractivity contribution in [2.24, 2.45) is 17.8 Å². The SMILES string of the molecule is C=CCCCOC(=O)[C@@H]1[C@H]2C(=O)N(CCO)C(C(=O)N(CC=C)CCCC)C23S[C@@H]1CC3C. The largest absolute Gasteiger partial charge is 0.465 e. The molecule has 33 heavy (non-hydrogen) atoms. The van der Waals surface area contributed by atoms with Crippen LogP contribution in [0.2, 0.25) is 0 Å². The molecule has 3 rings (SSSR count). The Labute approximate surface area is 201 Å². The minimum Gasteiger partial charge on any atom is -0.465 e. The van der Waals surface area contributed by atoms with E-state index < -0.39 is 22.6 Å². The molecule has 6 atom stereocenters. The number of carbonyl (C=O) groups is 3. The fourth-order valence-electron chi connectivity index (χ4n) is 5.88. The number of fused-ring (bicyclic) bond motifs is 1. The summed E-state index contributed by atoms with van der Waals surface area (Å²) in [5, 5.41) is 9.69. The number of aliphatic hydroxyl groups excluding tert-OH is 1. The number of β-amino-alcohol motifs (C(OH)–C–C–N with tert-alkyl or cyclic N) is 1. The molecule has 1 spiro atoms. The maximum atomic E-state index is 13.9. The average Bonchev–Trinajstić information content (AvgIpc) is 3.38. The van der Waals surface area contributed by atoms with Gasteiger partial charge in [0.1, 0.15) is 6.04 Å². The predicted octanol–water partition coefficient (Wildman–Crippen LogP) is 2.64. The molecule has 0 aromatic heterocycles. The standard InChI is InChI=1S/C25H38N2O5S/c1-5-8-10-15-32-24(31)19-18-16-17(4)25(33-18)20(19)22(29)27(13-14-28)21(25)23(30)26(11-7-3)12-9-6-2/h5,7,17-21,28H,1,3,6,8-16H2,2,4H3/t17?,18-,19+,20+,21?,25?/m1/s1. The van der Waals surface area contributed by atoms with Gasteiger partial charge in [0.2, 0.25) is 11.8 Å². The van der Waals surface area contributed by atoms with E-state index in [-0.39, 0.29) is 42.1 Å². The Kier molecular flexibility index (Phi) is 8.67. The Morgan fingerprint density at radius 3 is 2.73 bits per heavy atom. The molecule has 3 aliphatic rings. The van der Waals surface area contributed by atoms with Crippen molar-refractivity contribution in [3.63, 3.8) is 0 Å². The van der Waals surface area contributed by atoms with E-state index in [1.165, 1.54) is 4.90 Å². The van der Waals surface area contributed by atoms with Gasteiger partial charge >= 0.3 is 5.97 Å². The molecule has 0 saturated carbocycles. The lowest BCUT2D eigenvalue weighted by molar-refractivity contribution is -0.154. The third-order valence-electron chi connectivity index (χ3n) is 7.33. The first kappa shape index (κ1) is 25.8. The second-order valence-electron chi connectivity index (χ2n) is 9.33. The minimum absolute atomic E-state index is 0.0315. The van der Waals surface area contributed by atoms with Gasteiger partial charge in [0, 0.05) is 24.9 Å². The molecule has 0 radical (unpaired) electrons. The second kappa shape index (κ2) is 11.1. The zero-order valence-electron chi connectivity index (χ0n) is 19.9. The quantitative estimate of drug-likeness (QED) is 0.249. The van der Waals surface area contributed by atoms with Crippen molar-refractivity contribution in [3.8, 4) is 0 Å². The number of aliphatic hydroxyl groups is 1. The van der Waals surface area contributed by atoms with Crippen molar-refractivity contribution in [1.29, 1.82) is 0 Å². The Morgan fingerprint density at radius 2 is 2.09 bits per heavy atom. The summed E-state index contributed by atoms with van der Waals surface area (Å²) in [5.41, 5.74) is 0. The topological polar surface area (TPSA) is 87.1 Å². The van der Waals surface area contributed by atoms with E-state index in [0.29, 0.717) is 26.1 Å². The Bertz CT molecular complexity index is 774. The van der Waals surface area contributed by atoms with Crippen LogP contribution in [-0.4, -0.2) is 81.6 Å². The first-order valence-corrected chi connectivity index (χ1v) is 13.0.